The van der Waals surface area contributed by atoms with Crippen molar-refractivity contribution < 1.29 is 9.00 Å². The van der Waals surface area contributed by atoms with Crippen LogP contribution in [-0.2, 0) is 10.8 Å². The molecule has 0 unspecified atom stereocenters. The second-order valence-corrected chi connectivity index (χ2v) is 6.87. The maximum atomic E-state index is 12.4. The molecule has 0 bridgehead atoms. The van der Waals surface area contributed by atoms with Crippen molar-refractivity contribution in [1.29, 1.82) is 0 Å². The van der Waals surface area contributed by atoms with E-state index in [0.717, 1.165) is 30.6 Å². The van der Waals surface area contributed by atoms with Crippen LogP contribution in [0.15, 0.2) is 18.2 Å². The molecule has 1 aromatic rings. The largest absolute Gasteiger partial charge is 0.385 e. The zero-order chi connectivity index (χ0) is 14.5. The van der Waals surface area contributed by atoms with Gasteiger partial charge >= 0.3 is 0 Å². The summed E-state index contributed by atoms with van der Waals surface area (Å²) in [4.78, 5) is 12.4. The van der Waals surface area contributed by atoms with Gasteiger partial charge in [-0.15, -0.1) is 0 Å². The van der Waals surface area contributed by atoms with E-state index in [2.05, 4.69) is 10.6 Å². The molecule has 2 rings (SSSR count). The maximum absolute atomic E-state index is 12.4. The Morgan fingerprint density at radius 2 is 2.05 bits per heavy atom. The van der Waals surface area contributed by atoms with Crippen molar-refractivity contribution in [1.82, 2.24) is 5.32 Å². The van der Waals surface area contributed by atoms with Crippen molar-refractivity contribution >= 4 is 22.4 Å². The molecule has 0 radical (unpaired) electrons. The Morgan fingerprint density at radius 3 is 2.70 bits per heavy atom. The number of amides is 1. The van der Waals surface area contributed by atoms with Gasteiger partial charge in [0.15, 0.2) is 0 Å². The van der Waals surface area contributed by atoms with Gasteiger partial charge in [-0.05, 0) is 38.8 Å². The summed E-state index contributed by atoms with van der Waals surface area (Å²) in [7, 11) is -0.695. The molecule has 1 heterocycles. The topological polar surface area (TPSA) is 58.2 Å². The maximum Gasteiger partial charge on any atom is 0.253 e. The highest BCUT2D eigenvalue weighted by Gasteiger charge is 2.21. The SMILES string of the molecule is CCNc1ccc(C)cc1C(=O)NC1CCS(=O)CC1. The van der Waals surface area contributed by atoms with Gasteiger partial charge in [-0.1, -0.05) is 11.6 Å². The van der Waals surface area contributed by atoms with Crippen LogP contribution in [0.25, 0.3) is 0 Å². The Hall–Kier alpha value is -1.36. The Labute approximate surface area is 122 Å². The van der Waals surface area contributed by atoms with Gasteiger partial charge in [0.05, 0.1) is 5.56 Å². The molecule has 1 saturated heterocycles. The molecule has 5 heteroatoms. The third-order valence-electron chi connectivity index (χ3n) is 3.51. The highest BCUT2D eigenvalue weighted by atomic mass is 32.2. The number of nitrogens with one attached hydrogen (secondary N) is 2. The Morgan fingerprint density at radius 1 is 1.35 bits per heavy atom. The van der Waals surface area contributed by atoms with Crippen LogP contribution in [0.3, 0.4) is 0 Å². The van der Waals surface area contributed by atoms with Crippen molar-refractivity contribution in [3.8, 4) is 0 Å². The van der Waals surface area contributed by atoms with Gasteiger partial charge in [0, 0.05) is 40.6 Å². The zero-order valence-corrected chi connectivity index (χ0v) is 12.9. The van der Waals surface area contributed by atoms with Crippen LogP contribution >= 0.6 is 0 Å². The van der Waals surface area contributed by atoms with E-state index in [1.165, 1.54) is 0 Å². The van der Waals surface area contributed by atoms with E-state index in [-0.39, 0.29) is 11.9 Å². The first kappa shape index (κ1) is 15.0. The van der Waals surface area contributed by atoms with Gasteiger partial charge in [0.1, 0.15) is 0 Å². The van der Waals surface area contributed by atoms with E-state index < -0.39 is 10.8 Å². The minimum absolute atomic E-state index is 0.0395. The van der Waals surface area contributed by atoms with Crippen LogP contribution in [0.5, 0.6) is 0 Å². The van der Waals surface area contributed by atoms with Crippen LogP contribution in [-0.4, -0.2) is 34.2 Å². The molecule has 0 aromatic heterocycles. The monoisotopic (exact) mass is 294 g/mol. The zero-order valence-electron chi connectivity index (χ0n) is 12.1. The molecule has 1 fully saturated rings. The number of carbonyl (C=O) groups is 1. The van der Waals surface area contributed by atoms with Gasteiger partial charge in [0.2, 0.25) is 0 Å². The molecule has 110 valence electrons. The lowest BCUT2D eigenvalue weighted by Crippen LogP contribution is -2.39. The number of hydrogen-bond acceptors (Lipinski definition) is 3. The molecule has 1 aliphatic rings. The Balaban J connectivity index is 2.08. The molecule has 1 amide bonds. The Kier molecular flexibility index (Phi) is 5.17. The summed E-state index contributed by atoms with van der Waals surface area (Å²) in [5.41, 5.74) is 2.63. The summed E-state index contributed by atoms with van der Waals surface area (Å²) in [6.07, 6.45) is 1.61. The van der Waals surface area contributed by atoms with Crippen LogP contribution in [0.4, 0.5) is 5.69 Å². The molecule has 1 aromatic carbocycles. The minimum atomic E-state index is -0.695. The third kappa shape index (κ3) is 3.82. The number of aryl methyl sites for hydroxylation is 1. The van der Waals surface area contributed by atoms with E-state index >= 15 is 0 Å². The number of rotatable bonds is 4. The van der Waals surface area contributed by atoms with Crippen molar-refractivity contribution in [2.45, 2.75) is 32.7 Å². The Bertz CT molecular complexity index is 507. The van der Waals surface area contributed by atoms with Crippen LogP contribution in [0.2, 0.25) is 0 Å². The molecular formula is C15H22N2O2S. The van der Waals surface area contributed by atoms with E-state index in [1.807, 2.05) is 32.0 Å². The number of anilines is 1. The molecule has 4 nitrogen and oxygen atoms in total. The summed E-state index contributed by atoms with van der Waals surface area (Å²) in [6.45, 7) is 4.78. The lowest BCUT2D eigenvalue weighted by Gasteiger charge is -2.23. The van der Waals surface area contributed by atoms with E-state index in [9.17, 15) is 9.00 Å². The molecule has 0 saturated carbocycles. The van der Waals surface area contributed by atoms with E-state index in [1.54, 1.807) is 0 Å². The highest BCUT2D eigenvalue weighted by molar-refractivity contribution is 7.85. The standard InChI is InChI=1S/C15H22N2O2S/c1-3-16-14-5-4-11(2)10-13(14)15(18)17-12-6-8-20(19)9-7-12/h4-5,10,12,16H,3,6-9H2,1-2H3,(H,17,18). The minimum Gasteiger partial charge on any atom is -0.385 e. The lowest BCUT2D eigenvalue weighted by atomic mass is 10.1. The van der Waals surface area contributed by atoms with Gasteiger partial charge in [-0.25, -0.2) is 0 Å². The molecule has 20 heavy (non-hydrogen) atoms. The smallest absolute Gasteiger partial charge is 0.253 e. The lowest BCUT2D eigenvalue weighted by molar-refractivity contribution is 0.0935. The molecule has 0 spiro atoms. The fourth-order valence-electron chi connectivity index (χ4n) is 2.39. The molecular weight excluding hydrogens is 272 g/mol. The third-order valence-corrected chi connectivity index (χ3v) is 4.89. The fraction of sp³-hybridized carbons (Fsp3) is 0.533. The normalized spacial score (nSPS) is 22.3. The van der Waals surface area contributed by atoms with Gasteiger partial charge in [-0.2, -0.15) is 0 Å². The van der Waals surface area contributed by atoms with Crippen molar-refractivity contribution in [2.75, 3.05) is 23.4 Å². The van der Waals surface area contributed by atoms with Crippen LogP contribution < -0.4 is 10.6 Å². The predicted molar refractivity (Wildman–Crippen MR) is 83.7 cm³/mol. The fourth-order valence-corrected chi connectivity index (χ4v) is 3.69. The first-order chi connectivity index (χ1) is 9.60. The van der Waals surface area contributed by atoms with E-state index in [4.69, 9.17) is 0 Å². The average molecular weight is 294 g/mol. The molecule has 2 N–H and O–H groups in total. The first-order valence-corrected chi connectivity index (χ1v) is 8.59. The van der Waals surface area contributed by atoms with Crippen molar-refractivity contribution in [3.05, 3.63) is 29.3 Å². The average Bonchev–Trinajstić information content (AvgIpc) is 2.43. The van der Waals surface area contributed by atoms with Crippen molar-refractivity contribution in [3.63, 3.8) is 0 Å². The molecule has 0 atom stereocenters. The van der Waals surface area contributed by atoms with Gasteiger partial charge < -0.3 is 10.6 Å². The van der Waals surface area contributed by atoms with Crippen molar-refractivity contribution in [2.24, 2.45) is 0 Å². The van der Waals surface area contributed by atoms with Gasteiger partial charge in [0.25, 0.3) is 5.91 Å². The van der Waals surface area contributed by atoms with E-state index in [0.29, 0.717) is 17.1 Å². The molecule has 0 aliphatic carbocycles. The summed E-state index contributed by atoms with van der Waals surface area (Å²) in [5, 5.41) is 6.29. The summed E-state index contributed by atoms with van der Waals surface area (Å²) < 4.78 is 11.3. The quantitative estimate of drug-likeness (QED) is 0.894. The highest BCUT2D eigenvalue weighted by Crippen LogP contribution is 2.18. The number of hydrogen-bond donors (Lipinski definition) is 2. The second kappa shape index (κ2) is 6.88. The van der Waals surface area contributed by atoms with Crippen LogP contribution in [0.1, 0.15) is 35.7 Å². The molecule has 1 aliphatic heterocycles. The summed E-state index contributed by atoms with van der Waals surface area (Å²) in [5.74, 6) is 1.35. The predicted octanol–water partition coefficient (Wildman–Crippen LogP) is 2.07. The summed E-state index contributed by atoms with van der Waals surface area (Å²) in [6, 6.07) is 6.01. The number of carbonyl (C=O) groups excluding carboxylic acids is 1. The second-order valence-electron chi connectivity index (χ2n) is 5.18. The first-order valence-electron chi connectivity index (χ1n) is 7.10. The number of benzene rings is 1. The summed E-state index contributed by atoms with van der Waals surface area (Å²) >= 11 is 0. The van der Waals surface area contributed by atoms with Crippen LogP contribution in [0, 0.1) is 6.92 Å². The van der Waals surface area contributed by atoms with Gasteiger partial charge in [-0.3, -0.25) is 9.00 Å².